The van der Waals surface area contributed by atoms with E-state index in [1.807, 2.05) is 0 Å². The Hall–Kier alpha value is -3.56. The zero-order chi connectivity index (χ0) is 23.2. The molecule has 1 N–H and O–H groups in total. The highest BCUT2D eigenvalue weighted by Gasteiger charge is 2.38. The standard InChI is InChI=1S/C22H20F3N3O4/c1-11-6-15-16(7-12(11)2)28(21(30)19(27-15)22(23,24)25)13(3)20(29)26-9-14-4-5-17-18(8-14)32-10-31-17/h4-8,13H,9-10H2,1-3H3,(H,26,29)/t13-/m1/s1. The van der Waals surface area contributed by atoms with Gasteiger partial charge in [0.05, 0.1) is 11.0 Å². The Morgan fingerprint density at radius 1 is 1.16 bits per heavy atom. The third-order valence-electron chi connectivity index (χ3n) is 5.44. The summed E-state index contributed by atoms with van der Waals surface area (Å²) in [6, 6.07) is 6.99. The quantitative estimate of drug-likeness (QED) is 0.661. The van der Waals surface area contributed by atoms with Crippen LogP contribution in [0.5, 0.6) is 11.5 Å². The second kappa shape index (κ2) is 7.85. The van der Waals surface area contributed by atoms with E-state index in [9.17, 15) is 22.8 Å². The molecule has 32 heavy (non-hydrogen) atoms. The van der Waals surface area contributed by atoms with Gasteiger partial charge in [0.25, 0.3) is 5.56 Å². The van der Waals surface area contributed by atoms with Crippen molar-refractivity contribution < 1.29 is 27.4 Å². The molecule has 10 heteroatoms. The van der Waals surface area contributed by atoms with E-state index in [1.165, 1.54) is 13.0 Å². The van der Waals surface area contributed by atoms with E-state index in [-0.39, 0.29) is 24.4 Å². The van der Waals surface area contributed by atoms with Gasteiger partial charge in [-0.3, -0.25) is 14.2 Å². The third-order valence-corrected chi connectivity index (χ3v) is 5.44. The molecule has 0 radical (unpaired) electrons. The monoisotopic (exact) mass is 447 g/mol. The predicted molar refractivity (Wildman–Crippen MR) is 110 cm³/mol. The van der Waals surface area contributed by atoms with Crippen LogP contribution in [0.4, 0.5) is 13.2 Å². The molecule has 0 bridgehead atoms. The topological polar surface area (TPSA) is 82.5 Å². The number of halogens is 3. The lowest BCUT2D eigenvalue weighted by Gasteiger charge is -2.20. The number of hydrogen-bond donors (Lipinski definition) is 1. The Balaban J connectivity index is 1.69. The van der Waals surface area contributed by atoms with Gasteiger partial charge in [0.2, 0.25) is 18.4 Å². The van der Waals surface area contributed by atoms with Crippen molar-refractivity contribution in [1.29, 1.82) is 0 Å². The highest BCUT2D eigenvalue weighted by atomic mass is 19.4. The van der Waals surface area contributed by atoms with Crippen molar-refractivity contribution in [1.82, 2.24) is 14.9 Å². The van der Waals surface area contributed by atoms with Crippen molar-refractivity contribution in [2.75, 3.05) is 6.79 Å². The molecule has 2 heterocycles. The lowest BCUT2D eigenvalue weighted by atomic mass is 10.1. The molecule has 7 nitrogen and oxygen atoms in total. The molecule has 0 spiro atoms. The number of nitrogens with zero attached hydrogens (tertiary/aromatic N) is 2. The van der Waals surface area contributed by atoms with Crippen LogP contribution in [-0.4, -0.2) is 22.3 Å². The van der Waals surface area contributed by atoms with E-state index in [0.717, 1.165) is 15.7 Å². The summed E-state index contributed by atoms with van der Waals surface area (Å²) in [5.41, 5.74) is -0.553. The number of ether oxygens (including phenoxy) is 2. The third kappa shape index (κ3) is 3.88. The number of alkyl halides is 3. The number of fused-ring (bicyclic) bond motifs is 2. The Labute approximate surface area is 180 Å². The van der Waals surface area contributed by atoms with Gasteiger partial charge in [-0.25, -0.2) is 4.98 Å². The van der Waals surface area contributed by atoms with Crippen molar-refractivity contribution in [3.63, 3.8) is 0 Å². The Morgan fingerprint density at radius 3 is 2.56 bits per heavy atom. The molecule has 168 valence electrons. The van der Waals surface area contributed by atoms with Crippen LogP contribution in [-0.2, 0) is 17.5 Å². The van der Waals surface area contributed by atoms with Gasteiger partial charge in [-0.15, -0.1) is 0 Å². The number of aryl methyl sites for hydroxylation is 2. The van der Waals surface area contributed by atoms with Crippen molar-refractivity contribution in [3.05, 3.63) is 63.1 Å². The maximum absolute atomic E-state index is 13.5. The summed E-state index contributed by atoms with van der Waals surface area (Å²) in [5, 5.41) is 2.67. The van der Waals surface area contributed by atoms with Gasteiger partial charge in [-0.2, -0.15) is 13.2 Å². The molecule has 1 amide bonds. The van der Waals surface area contributed by atoms with Gasteiger partial charge >= 0.3 is 6.18 Å². The molecule has 0 unspecified atom stereocenters. The summed E-state index contributed by atoms with van der Waals surface area (Å²) in [6.45, 7) is 5.10. The first kappa shape index (κ1) is 21.7. The number of nitrogens with one attached hydrogen (secondary N) is 1. The Morgan fingerprint density at radius 2 is 1.84 bits per heavy atom. The number of aromatic nitrogens is 2. The summed E-state index contributed by atoms with van der Waals surface area (Å²) in [7, 11) is 0. The number of rotatable bonds is 4. The lowest BCUT2D eigenvalue weighted by molar-refractivity contribution is -0.142. The minimum absolute atomic E-state index is 0.00422. The summed E-state index contributed by atoms with van der Waals surface area (Å²) in [5.74, 6) is 0.527. The first-order chi connectivity index (χ1) is 15.1. The first-order valence-electron chi connectivity index (χ1n) is 9.83. The molecular weight excluding hydrogens is 427 g/mol. The molecule has 3 aromatic rings. The summed E-state index contributed by atoms with van der Waals surface area (Å²) in [6.07, 6.45) is -4.95. The molecule has 1 aromatic heterocycles. The van der Waals surface area contributed by atoms with Gasteiger partial charge in [-0.05, 0) is 61.7 Å². The highest BCUT2D eigenvalue weighted by Crippen LogP contribution is 2.32. The number of amides is 1. The maximum atomic E-state index is 13.5. The van der Waals surface area contributed by atoms with E-state index in [4.69, 9.17) is 9.47 Å². The minimum Gasteiger partial charge on any atom is -0.454 e. The van der Waals surface area contributed by atoms with Crippen LogP contribution in [0.25, 0.3) is 11.0 Å². The fourth-order valence-corrected chi connectivity index (χ4v) is 3.53. The molecule has 0 aliphatic carbocycles. The molecule has 1 aliphatic rings. The van der Waals surface area contributed by atoms with Gasteiger partial charge in [0.15, 0.2) is 11.5 Å². The smallest absolute Gasteiger partial charge is 0.438 e. The summed E-state index contributed by atoms with van der Waals surface area (Å²) >= 11 is 0. The van der Waals surface area contributed by atoms with Crippen LogP contribution in [0.15, 0.2) is 35.1 Å². The van der Waals surface area contributed by atoms with E-state index in [1.54, 1.807) is 38.1 Å². The van der Waals surface area contributed by atoms with Crippen molar-refractivity contribution >= 4 is 16.9 Å². The van der Waals surface area contributed by atoms with Gasteiger partial charge < -0.3 is 14.8 Å². The fraction of sp³-hybridized carbons (Fsp3) is 0.318. The van der Waals surface area contributed by atoms with Gasteiger partial charge in [-0.1, -0.05) is 6.07 Å². The normalized spacial score (nSPS) is 13.9. The van der Waals surface area contributed by atoms with Gasteiger partial charge in [0, 0.05) is 6.54 Å². The lowest BCUT2D eigenvalue weighted by Crippen LogP contribution is -2.39. The molecule has 0 saturated carbocycles. The van der Waals surface area contributed by atoms with Crippen LogP contribution >= 0.6 is 0 Å². The zero-order valence-corrected chi connectivity index (χ0v) is 17.5. The van der Waals surface area contributed by atoms with Crippen LogP contribution in [0.2, 0.25) is 0 Å². The Bertz CT molecular complexity index is 1280. The minimum atomic E-state index is -4.95. The van der Waals surface area contributed by atoms with Crippen molar-refractivity contribution in [2.45, 2.75) is 39.5 Å². The zero-order valence-electron chi connectivity index (χ0n) is 17.5. The molecule has 2 aromatic carbocycles. The fourth-order valence-electron chi connectivity index (χ4n) is 3.53. The molecule has 1 atom stereocenters. The molecular formula is C22H20F3N3O4. The first-order valence-corrected chi connectivity index (χ1v) is 9.83. The number of hydrogen-bond acceptors (Lipinski definition) is 5. The Kier molecular flexibility index (Phi) is 5.31. The average Bonchev–Trinajstić information content (AvgIpc) is 3.19. The number of carbonyl (C=O) groups is 1. The van der Waals surface area contributed by atoms with Crippen LogP contribution in [0.3, 0.4) is 0 Å². The van der Waals surface area contributed by atoms with Crippen LogP contribution < -0.4 is 20.3 Å². The van der Waals surface area contributed by atoms with Crippen LogP contribution in [0, 0.1) is 13.8 Å². The second-order valence-electron chi connectivity index (χ2n) is 7.64. The summed E-state index contributed by atoms with van der Waals surface area (Å²) < 4.78 is 51.8. The number of carbonyl (C=O) groups excluding carboxylic acids is 1. The largest absolute Gasteiger partial charge is 0.454 e. The van der Waals surface area contributed by atoms with E-state index >= 15 is 0 Å². The predicted octanol–water partition coefficient (Wildman–Crippen LogP) is 3.64. The van der Waals surface area contributed by atoms with E-state index < -0.39 is 29.4 Å². The van der Waals surface area contributed by atoms with Crippen molar-refractivity contribution in [3.8, 4) is 11.5 Å². The maximum Gasteiger partial charge on any atom is 0.438 e. The number of benzene rings is 2. The molecule has 0 saturated heterocycles. The summed E-state index contributed by atoms with van der Waals surface area (Å²) in [4.78, 5) is 29.1. The SMILES string of the molecule is Cc1cc2nc(C(F)(F)F)c(=O)n([C@H](C)C(=O)NCc3ccc4c(c3)OCO4)c2cc1C. The van der Waals surface area contributed by atoms with Gasteiger partial charge in [0.1, 0.15) is 6.04 Å². The molecule has 4 rings (SSSR count). The van der Waals surface area contributed by atoms with Crippen molar-refractivity contribution in [2.24, 2.45) is 0 Å². The molecule has 1 aliphatic heterocycles. The van der Waals surface area contributed by atoms with Crippen LogP contribution in [0.1, 0.15) is 35.3 Å². The van der Waals surface area contributed by atoms with E-state index in [0.29, 0.717) is 17.1 Å². The van der Waals surface area contributed by atoms with E-state index in [2.05, 4.69) is 10.3 Å². The second-order valence-corrected chi connectivity index (χ2v) is 7.64. The average molecular weight is 447 g/mol. The molecule has 0 fully saturated rings. The highest BCUT2D eigenvalue weighted by molar-refractivity contribution is 5.84.